The van der Waals surface area contributed by atoms with Crippen LogP contribution in [0, 0.1) is 16.2 Å². The number of esters is 1. The number of nitrogens with two attached hydrogens (primary N) is 1. The van der Waals surface area contributed by atoms with Crippen LogP contribution >= 0.6 is 0 Å². The van der Waals surface area contributed by atoms with Crippen LogP contribution in [0.15, 0.2) is 0 Å². The van der Waals surface area contributed by atoms with Gasteiger partial charge in [0, 0.05) is 6.04 Å². The predicted molar refractivity (Wildman–Crippen MR) is 58.2 cm³/mol. The molecule has 2 rings (SSSR count). The lowest BCUT2D eigenvalue weighted by Gasteiger charge is -2.39. The first-order chi connectivity index (χ1) is 6.82. The third-order valence-corrected chi connectivity index (χ3v) is 5.66. The second-order valence-electron chi connectivity index (χ2n) is 5.93. The first kappa shape index (κ1) is 10.9. The molecule has 3 atom stereocenters. The molecule has 0 unspecified atom stereocenters. The van der Waals surface area contributed by atoms with E-state index >= 15 is 0 Å². The van der Waals surface area contributed by atoms with Gasteiger partial charge in [0.1, 0.15) is 0 Å². The van der Waals surface area contributed by atoms with E-state index in [0.29, 0.717) is 0 Å². The largest absolute Gasteiger partial charge is 0.469 e. The normalized spacial score (nSPS) is 46.9. The van der Waals surface area contributed by atoms with Gasteiger partial charge in [0.15, 0.2) is 0 Å². The summed E-state index contributed by atoms with van der Waals surface area (Å²) in [5, 5.41) is 0. The van der Waals surface area contributed by atoms with Crippen LogP contribution in [0.2, 0.25) is 0 Å². The number of ether oxygens (including phenoxy) is 1. The van der Waals surface area contributed by atoms with Gasteiger partial charge in [-0.3, -0.25) is 4.79 Å². The summed E-state index contributed by atoms with van der Waals surface area (Å²) in [5.74, 6) is -0.0656. The van der Waals surface area contributed by atoms with Gasteiger partial charge in [0.2, 0.25) is 0 Å². The molecule has 0 amide bonds. The third kappa shape index (κ3) is 0.930. The first-order valence-electron chi connectivity index (χ1n) is 5.66. The highest BCUT2D eigenvalue weighted by Crippen LogP contribution is 2.71. The van der Waals surface area contributed by atoms with Crippen molar-refractivity contribution in [2.45, 2.75) is 46.1 Å². The number of methoxy groups -OCH3 is 1. The van der Waals surface area contributed by atoms with Gasteiger partial charge in [-0.15, -0.1) is 0 Å². The maximum atomic E-state index is 12.0. The van der Waals surface area contributed by atoms with Gasteiger partial charge in [0.05, 0.1) is 12.5 Å². The second-order valence-corrected chi connectivity index (χ2v) is 5.93. The van der Waals surface area contributed by atoms with Crippen LogP contribution in [0.1, 0.15) is 40.0 Å². The average molecular weight is 211 g/mol. The van der Waals surface area contributed by atoms with Crippen LogP contribution in [-0.4, -0.2) is 19.1 Å². The van der Waals surface area contributed by atoms with Crippen molar-refractivity contribution in [3.05, 3.63) is 0 Å². The summed E-state index contributed by atoms with van der Waals surface area (Å²) in [6, 6.07) is 0.125. The minimum absolute atomic E-state index is 0.0491. The van der Waals surface area contributed by atoms with E-state index in [9.17, 15) is 4.79 Å². The van der Waals surface area contributed by atoms with Crippen molar-refractivity contribution in [3.8, 4) is 0 Å². The molecule has 0 aromatic heterocycles. The van der Waals surface area contributed by atoms with Gasteiger partial charge < -0.3 is 10.5 Å². The number of hydrogen-bond acceptors (Lipinski definition) is 3. The predicted octanol–water partition coefficient (Wildman–Crippen LogP) is 1.70. The van der Waals surface area contributed by atoms with Crippen molar-refractivity contribution >= 4 is 5.97 Å². The topological polar surface area (TPSA) is 52.3 Å². The lowest BCUT2D eigenvalue weighted by molar-refractivity contribution is -0.158. The fraction of sp³-hybridized carbons (Fsp3) is 0.917. The minimum atomic E-state index is -0.337. The Morgan fingerprint density at radius 1 is 1.33 bits per heavy atom. The molecule has 2 saturated carbocycles. The van der Waals surface area contributed by atoms with Crippen molar-refractivity contribution in [1.29, 1.82) is 0 Å². The van der Waals surface area contributed by atoms with Crippen LogP contribution in [-0.2, 0) is 9.53 Å². The molecule has 2 N–H and O–H groups in total. The standard InChI is InChI=1S/C12H21NO2/c1-10(2)11(3)5-6-12(10,7-8(11)13)9(14)15-4/h8H,5-7,13H2,1-4H3/t8-,11+,12-/m0/s1. The molecule has 3 heteroatoms. The minimum Gasteiger partial charge on any atom is -0.469 e. The fourth-order valence-electron chi connectivity index (χ4n) is 3.89. The van der Waals surface area contributed by atoms with Crippen LogP contribution in [0.25, 0.3) is 0 Å². The van der Waals surface area contributed by atoms with E-state index in [-0.39, 0.29) is 28.3 Å². The Bertz CT molecular complexity index is 313. The molecule has 0 radical (unpaired) electrons. The second kappa shape index (κ2) is 2.76. The smallest absolute Gasteiger partial charge is 0.312 e. The summed E-state index contributed by atoms with van der Waals surface area (Å²) in [4.78, 5) is 12.0. The molecule has 15 heavy (non-hydrogen) atoms. The van der Waals surface area contributed by atoms with Crippen LogP contribution in [0.3, 0.4) is 0 Å². The number of carbonyl (C=O) groups is 1. The molecule has 0 aromatic carbocycles. The lowest BCUT2D eigenvalue weighted by atomic mass is 9.65. The molecule has 0 aliphatic heterocycles. The van der Waals surface area contributed by atoms with Gasteiger partial charge in [-0.1, -0.05) is 20.8 Å². The number of carbonyl (C=O) groups excluding carboxylic acids is 1. The fourth-order valence-corrected chi connectivity index (χ4v) is 3.89. The Morgan fingerprint density at radius 2 is 1.93 bits per heavy atom. The SMILES string of the molecule is COC(=O)[C@]12CC[C@](C)([C@@H](N)C1)C2(C)C. The summed E-state index contributed by atoms with van der Waals surface area (Å²) in [6.45, 7) is 6.56. The van der Waals surface area contributed by atoms with Gasteiger partial charge in [-0.05, 0) is 30.1 Å². The molecule has 0 heterocycles. The number of hydrogen-bond donors (Lipinski definition) is 1. The van der Waals surface area contributed by atoms with Gasteiger partial charge in [0.25, 0.3) is 0 Å². The molecule has 0 saturated heterocycles. The first-order valence-corrected chi connectivity index (χ1v) is 5.66. The highest BCUT2D eigenvalue weighted by molar-refractivity contribution is 5.79. The van der Waals surface area contributed by atoms with E-state index < -0.39 is 0 Å². The van der Waals surface area contributed by atoms with Gasteiger partial charge in [-0.25, -0.2) is 0 Å². The molecule has 2 bridgehead atoms. The van der Waals surface area contributed by atoms with Crippen molar-refractivity contribution in [2.24, 2.45) is 22.0 Å². The molecule has 2 aliphatic carbocycles. The summed E-state index contributed by atoms with van der Waals surface area (Å²) in [5.41, 5.74) is 5.90. The van der Waals surface area contributed by atoms with Crippen molar-refractivity contribution in [1.82, 2.24) is 0 Å². The van der Waals surface area contributed by atoms with Crippen molar-refractivity contribution in [3.63, 3.8) is 0 Å². The quantitative estimate of drug-likeness (QED) is 0.672. The summed E-state index contributed by atoms with van der Waals surface area (Å²) >= 11 is 0. The Balaban J connectivity index is 2.49. The van der Waals surface area contributed by atoms with Gasteiger partial charge in [-0.2, -0.15) is 0 Å². The van der Waals surface area contributed by atoms with E-state index in [1.165, 1.54) is 7.11 Å². The molecule has 0 spiro atoms. The van der Waals surface area contributed by atoms with Crippen LogP contribution < -0.4 is 5.73 Å². The zero-order valence-electron chi connectivity index (χ0n) is 10.1. The highest BCUT2D eigenvalue weighted by atomic mass is 16.5. The molecule has 2 fully saturated rings. The van der Waals surface area contributed by atoms with Crippen molar-refractivity contribution < 1.29 is 9.53 Å². The van der Waals surface area contributed by atoms with Crippen LogP contribution in [0.4, 0.5) is 0 Å². The van der Waals surface area contributed by atoms with E-state index in [1.807, 2.05) is 0 Å². The Morgan fingerprint density at radius 3 is 2.27 bits per heavy atom. The average Bonchev–Trinajstić information content (AvgIpc) is 2.47. The zero-order chi connectivity index (χ0) is 11.5. The van der Waals surface area contributed by atoms with Gasteiger partial charge >= 0.3 is 5.97 Å². The monoisotopic (exact) mass is 211 g/mol. The molecule has 0 aromatic rings. The van der Waals surface area contributed by atoms with E-state index in [1.54, 1.807) is 0 Å². The molecular formula is C12H21NO2. The van der Waals surface area contributed by atoms with Crippen LogP contribution in [0.5, 0.6) is 0 Å². The highest BCUT2D eigenvalue weighted by Gasteiger charge is 2.72. The maximum absolute atomic E-state index is 12.0. The van der Waals surface area contributed by atoms with Crippen molar-refractivity contribution in [2.75, 3.05) is 7.11 Å². The molecule has 86 valence electrons. The Labute approximate surface area is 91.4 Å². The van der Waals surface area contributed by atoms with E-state index in [0.717, 1.165) is 19.3 Å². The third-order valence-electron chi connectivity index (χ3n) is 5.66. The molecule has 2 aliphatic rings. The number of rotatable bonds is 1. The summed E-state index contributed by atoms with van der Waals surface area (Å²) in [6.07, 6.45) is 2.75. The van der Waals surface area contributed by atoms with E-state index in [2.05, 4.69) is 20.8 Å². The zero-order valence-corrected chi connectivity index (χ0v) is 10.1. The Kier molecular flexibility index (Phi) is 2.01. The lowest BCUT2D eigenvalue weighted by Crippen LogP contribution is -2.42. The molecule has 3 nitrogen and oxygen atoms in total. The van der Waals surface area contributed by atoms with E-state index in [4.69, 9.17) is 10.5 Å². The number of fused-ring (bicyclic) bond motifs is 2. The Hall–Kier alpha value is -0.570. The molecular weight excluding hydrogens is 190 g/mol. The summed E-state index contributed by atoms with van der Waals surface area (Å²) < 4.78 is 4.99. The summed E-state index contributed by atoms with van der Waals surface area (Å²) in [7, 11) is 1.48. The maximum Gasteiger partial charge on any atom is 0.312 e.